The first-order chi connectivity index (χ1) is 6.50. The summed E-state index contributed by atoms with van der Waals surface area (Å²) in [6.07, 6.45) is -2.63. The number of phenolic OH excluding ortho intramolecular Hbond substituents is 2. The normalized spacial score (nSPS) is 12.3. The van der Waals surface area contributed by atoms with Crippen LogP contribution in [0.25, 0.3) is 0 Å². The van der Waals surface area contributed by atoms with E-state index in [2.05, 4.69) is 0 Å². The topological polar surface area (TPSA) is 66.5 Å². The molecule has 1 aromatic rings. The third-order valence-electron chi connectivity index (χ3n) is 1.83. The zero-order valence-corrected chi connectivity index (χ0v) is 8.55. The van der Waals surface area contributed by atoms with Crippen molar-refractivity contribution in [3.05, 3.63) is 23.8 Å². The molecule has 0 amide bonds. The van der Waals surface area contributed by atoms with Gasteiger partial charge in [0.1, 0.15) is 0 Å². The molecule has 1 rings (SSSR count). The quantitative estimate of drug-likeness (QED) is 0.703. The molecular weight excluding hydrogens is 228 g/mol. The average Bonchev–Trinajstić information content (AvgIpc) is 2.11. The fourth-order valence-electron chi connectivity index (χ4n) is 1.06. The summed E-state index contributed by atoms with van der Waals surface area (Å²) >= 11 is 0. The molecule has 3 nitrogen and oxygen atoms in total. The van der Waals surface area contributed by atoms with E-state index >= 15 is 0 Å². The number of aromatic hydroxyl groups is 2. The minimum Gasteiger partial charge on any atom is -0.504 e. The van der Waals surface area contributed by atoms with E-state index in [1.807, 2.05) is 0 Å². The van der Waals surface area contributed by atoms with Crippen LogP contribution in [0.4, 0.5) is 8.78 Å². The van der Waals surface area contributed by atoms with E-state index in [-0.39, 0.29) is 30.3 Å². The van der Waals surface area contributed by atoms with Crippen LogP contribution in [-0.2, 0) is 6.42 Å². The van der Waals surface area contributed by atoms with Crippen LogP contribution in [0, 0.1) is 0 Å². The number of rotatable bonds is 3. The summed E-state index contributed by atoms with van der Waals surface area (Å²) in [4.78, 5) is 0. The van der Waals surface area contributed by atoms with Crippen molar-refractivity contribution in [1.29, 1.82) is 0 Å². The zero-order valence-electron chi connectivity index (χ0n) is 7.73. The number of hydrogen-bond acceptors (Lipinski definition) is 3. The second-order valence-electron chi connectivity index (χ2n) is 3.03. The standard InChI is InChI=1S/C9H11F2NO2.ClH/c10-9(11)6(12)3-5-1-2-7(13)8(14)4-5;/h1-2,4,6,9,13-14H,3,12H2;1H/t6-;/m1./s1. The monoisotopic (exact) mass is 239 g/mol. The van der Waals surface area contributed by atoms with E-state index in [1.54, 1.807) is 0 Å². The molecule has 0 fully saturated rings. The molecule has 4 N–H and O–H groups in total. The molecule has 0 radical (unpaired) electrons. The van der Waals surface area contributed by atoms with Gasteiger partial charge in [-0.05, 0) is 24.1 Å². The van der Waals surface area contributed by atoms with Crippen molar-refractivity contribution in [1.82, 2.24) is 0 Å². The molecule has 0 bridgehead atoms. The van der Waals surface area contributed by atoms with Crippen LogP contribution in [0.5, 0.6) is 11.5 Å². The van der Waals surface area contributed by atoms with Crippen LogP contribution < -0.4 is 5.73 Å². The number of nitrogens with two attached hydrogens (primary N) is 1. The molecule has 0 aliphatic rings. The summed E-state index contributed by atoms with van der Waals surface area (Å²) in [6, 6.07) is 2.65. The Morgan fingerprint density at radius 3 is 2.27 bits per heavy atom. The van der Waals surface area contributed by atoms with Crippen molar-refractivity contribution in [2.45, 2.75) is 18.9 Å². The second kappa shape index (κ2) is 5.72. The third kappa shape index (κ3) is 3.89. The number of alkyl halides is 2. The minimum absolute atomic E-state index is 0. The molecule has 0 saturated carbocycles. The highest BCUT2D eigenvalue weighted by Gasteiger charge is 2.15. The molecule has 1 aromatic carbocycles. The van der Waals surface area contributed by atoms with Gasteiger partial charge in [0, 0.05) is 0 Å². The number of phenols is 2. The smallest absolute Gasteiger partial charge is 0.253 e. The van der Waals surface area contributed by atoms with E-state index < -0.39 is 12.5 Å². The van der Waals surface area contributed by atoms with Crippen molar-refractivity contribution in [2.24, 2.45) is 5.73 Å². The van der Waals surface area contributed by atoms with Crippen LogP contribution in [0.3, 0.4) is 0 Å². The summed E-state index contributed by atoms with van der Waals surface area (Å²) < 4.78 is 24.1. The molecule has 0 unspecified atom stereocenters. The summed E-state index contributed by atoms with van der Waals surface area (Å²) in [6.45, 7) is 0. The molecule has 0 aliphatic heterocycles. The molecule has 0 saturated heterocycles. The van der Waals surface area contributed by atoms with Crippen molar-refractivity contribution in [3.63, 3.8) is 0 Å². The highest BCUT2D eigenvalue weighted by Crippen LogP contribution is 2.25. The van der Waals surface area contributed by atoms with Crippen molar-refractivity contribution < 1.29 is 19.0 Å². The summed E-state index contributed by atoms with van der Waals surface area (Å²) in [5.74, 6) is -0.608. The van der Waals surface area contributed by atoms with E-state index in [4.69, 9.17) is 15.9 Å². The van der Waals surface area contributed by atoms with Gasteiger partial charge in [-0.2, -0.15) is 0 Å². The highest BCUT2D eigenvalue weighted by atomic mass is 35.5. The predicted octanol–water partition coefficient (Wildman–Crippen LogP) is 1.65. The molecular formula is C9H12ClF2NO2. The lowest BCUT2D eigenvalue weighted by Gasteiger charge is -2.10. The van der Waals surface area contributed by atoms with Crippen LogP contribution in [0.2, 0.25) is 0 Å². The van der Waals surface area contributed by atoms with Crippen LogP contribution in [-0.4, -0.2) is 22.7 Å². The Morgan fingerprint density at radius 1 is 1.20 bits per heavy atom. The fraction of sp³-hybridized carbons (Fsp3) is 0.333. The van der Waals surface area contributed by atoms with Gasteiger partial charge in [-0.3, -0.25) is 0 Å². The fourth-order valence-corrected chi connectivity index (χ4v) is 1.06. The van der Waals surface area contributed by atoms with Gasteiger partial charge in [0.25, 0.3) is 6.43 Å². The molecule has 0 aromatic heterocycles. The average molecular weight is 240 g/mol. The maximum atomic E-state index is 12.1. The molecule has 0 heterocycles. The van der Waals surface area contributed by atoms with Gasteiger partial charge in [-0.1, -0.05) is 6.07 Å². The number of hydrogen-bond donors (Lipinski definition) is 3. The number of halogens is 3. The Hall–Kier alpha value is -1.07. The molecule has 6 heteroatoms. The van der Waals surface area contributed by atoms with E-state index in [0.717, 1.165) is 0 Å². The Kier molecular flexibility index (Phi) is 5.32. The molecule has 15 heavy (non-hydrogen) atoms. The lowest BCUT2D eigenvalue weighted by Crippen LogP contribution is -2.30. The maximum absolute atomic E-state index is 12.1. The van der Waals surface area contributed by atoms with E-state index in [0.29, 0.717) is 5.56 Å². The van der Waals surface area contributed by atoms with Gasteiger partial charge < -0.3 is 15.9 Å². The van der Waals surface area contributed by atoms with Gasteiger partial charge >= 0.3 is 0 Å². The van der Waals surface area contributed by atoms with Crippen molar-refractivity contribution >= 4 is 12.4 Å². The lowest BCUT2D eigenvalue weighted by atomic mass is 10.1. The predicted molar refractivity (Wildman–Crippen MR) is 54.7 cm³/mol. The Morgan fingerprint density at radius 2 is 1.80 bits per heavy atom. The summed E-state index contributed by atoms with van der Waals surface area (Å²) in [7, 11) is 0. The molecule has 0 spiro atoms. The second-order valence-corrected chi connectivity index (χ2v) is 3.03. The van der Waals surface area contributed by atoms with Gasteiger partial charge in [-0.15, -0.1) is 12.4 Å². The summed E-state index contributed by atoms with van der Waals surface area (Å²) in [5.41, 5.74) is 5.61. The molecule has 0 aliphatic carbocycles. The Balaban J connectivity index is 0.00000196. The molecule has 86 valence electrons. The highest BCUT2D eigenvalue weighted by molar-refractivity contribution is 5.85. The van der Waals surface area contributed by atoms with Crippen LogP contribution in [0.1, 0.15) is 5.56 Å². The Bertz CT molecular complexity index is 323. The lowest BCUT2D eigenvalue weighted by molar-refractivity contribution is 0.116. The molecule has 1 atom stereocenters. The Labute approximate surface area is 91.9 Å². The van der Waals surface area contributed by atoms with Gasteiger partial charge in [0.05, 0.1) is 6.04 Å². The SMILES string of the molecule is Cl.N[C@H](Cc1ccc(O)c(O)c1)C(F)F. The number of benzene rings is 1. The minimum atomic E-state index is -2.59. The summed E-state index contributed by atoms with van der Waals surface area (Å²) in [5, 5.41) is 18.0. The van der Waals surface area contributed by atoms with Crippen LogP contribution in [0.15, 0.2) is 18.2 Å². The first kappa shape index (κ1) is 13.9. The maximum Gasteiger partial charge on any atom is 0.253 e. The first-order valence-corrected chi connectivity index (χ1v) is 4.05. The zero-order chi connectivity index (χ0) is 10.7. The van der Waals surface area contributed by atoms with E-state index in [9.17, 15) is 8.78 Å². The van der Waals surface area contributed by atoms with Crippen molar-refractivity contribution in [3.8, 4) is 11.5 Å². The van der Waals surface area contributed by atoms with Gasteiger partial charge in [-0.25, -0.2) is 8.78 Å². The van der Waals surface area contributed by atoms with Crippen LogP contribution >= 0.6 is 12.4 Å². The van der Waals surface area contributed by atoms with Gasteiger partial charge in [0.15, 0.2) is 11.5 Å². The van der Waals surface area contributed by atoms with Crippen molar-refractivity contribution in [2.75, 3.05) is 0 Å². The third-order valence-corrected chi connectivity index (χ3v) is 1.83. The van der Waals surface area contributed by atoms with Gasteiger partial charge in [0.2, 0.25) is 0 Å². The van der Waals surface area contributed by atoms with E-state index in [1.165, 1.54) is 18.2 Å². The largest absolute Gasteiger partial charge is 0.504 e. The first-order valence-electron chi connectivity index (χ1n) is 4.05.